The molecular weight excluding hydrogens is 308 g/mol. The van der Waals surface area contributed by atoms with Crippen molar-refractivity contribution in [2.45, 2.75) is 18.9 Å². The number of piperidine rings is 1. The van der Waals surface area contributed by atoms with Gasteiger partial charge in [0, 0.05) is 38.1 Å². The highest BCUT2D eigenvalue weighted by Gasteiger charge is 2.26. The van der Waals surface area contributed by atoms with Crippen molar-refractivity contribution in [2.24, 2.45) is 0 Å². The van der Waals surface area contributed by atoms with E-state index in [0.717, 1.165) is 0 Å². The number of hydrogen-bond acceptors (Lipinski definition) is 7. The zero-order chi connectivity index (χ0) is 16.8. The van der Waals surface area contributed by atoms with Crippen LogP contribution < -0.4 is 4.74 Å². The van der Waals surface area contributed by atoms with Gasteiger partial charge in [-0.3, -0.25) is 10.1 Å². The van der Waals surface area contributed by atoms with E-state index in [1.807, 2.05) is 0 Å². The summed E-state index contributed by atoms with van der Waals surface area (Å²) in [5.74, 6) is 0.230. The standard InChI is InChI=1S/C14H16N2O7/c1-21-14(18)23-12-6-8-15(9-7-12)13(17)22-11-4-2-10(3-5-11)16(19)20/h2-5,12H,6-9H2,1H3. The Hall–Kier alpha value is -2.84. The Morgan fingerprint density at radius 2 is 1.83 bits per heavy atom. The molecule has 9 nitrogen and oxygen atoms in total. The summed E-state index contributed by atoms with van der Waals surface area (Å²) in [7, 11) is 1.24. The van der Waals surface area contributed by atoms with Gasteiger partial charge in [0.2, 0.25) is 0 Å². The van der Waals surface area contributed by atoms with Crippen LogP contribution in [-0.2, 0) is 9.47 Å². The first-order chi connectivity index (χ1) is 11.0. The summed E-state index contributed by atoms with van der Waals surface area (Å²) in [5, 5.41) is 10.6. The van der Waals surface area contributed by atoms with Crippen LogP contribution in [0.1, 0.15) is 12.8 Å². The van der Waals surface area contributed by atoms with Crippen molar-refractivity contribution in [3.8, 4) is 5.75 Å². The number of methoxy groups -OCH3 is 1. The van der Waals surface area contributed by atoms with E-state index >= 15 is 0 Å². The molecule has 0 aromatic heterocycles. The summed E-state index contributed by atoms with van der Waals surface area (Å²) in [4.78, 5) is 34.5. The van der Waals surface area contributed by atoms with Crippen LogP contribution in [0, 0.1) is 10.1 Å². The summed E-state index contributed by atoms with van der Waals surface area (Å²) in [6.07, 6.45) is -0.590. The Balaban J connectivity index is 1.83. The van der Waals surface area contributed by atoms with Gasteiger partial charge in [-0.25, -0.2) is 9.59 Å². The predicted molar refractivity (Wildman–Crippen MR) is 77.2 cm³/mol. The summed E-state index contributed by atoms with van der Waals surface area (Å²) >= 11 is 0. The minimum Gasteiger partial charge on any atom is -0.438 e. The highest BCUT2D eigenvalue weighted by atomic mass is 16.7. The van der Waals surface area contributed by atoms with Crippen molar-refractivity contribution < 1.29 is 28.7 Å². The molecule has 0 atom stereocenters. The third-order valence-electron chi connectivity index (χ3n) is 3.38. The van der Waals surface area contributed by atoms with E-state index in [4.69, 9.17) is 9.47 Å². The first-order valence-corrected chi connectivity index (χ1v) is 6.95. The molecule has 1 fully saturated rings. The lowest BCUT2D eigenvalue weighted by Gasteiger charge is -2.30. The molecule has 0 saturated carbocycles. The summed E-state index contributed by atoms with van der Waals surface area (Å²) < 4.78 is 14.6. The van der Waals surface area contributed by atoms with E-state index in [1.165, 1.54) is 36.3 Å². The van der Waals surface area contributed by atoms with E-state index in [1.54, 1.807) is 0 Å². The lowest BCUT2D eigenvalue weighted by Crippen LogP contribution is -2.42. The molecule has 1 amide bonds. The minimum absolute atomic E-state index is 0.0782. The molecule has 124 valence electrons. The molecule has 0 aliphatic carbocycles. The highest BCUT2D eigenvalue weighted by molar-refractivity contribution is 5.71. The van der Waals surface area contributed by atoms with Crippen LogP contribution in [0.15, 0.2) is 24.3 Å². The van der Waals surface area contributed by atoms with E-state index in [-0.39, 0.29) is 17.5 Å². The Morgan fingerprint density at radius 3 is 2.35 bits per heavy atom. The number of rotatable bonds is 3. The summed E-state index contributed by atoms with van der Waals surface area (Å²) in [6.45, 7) is 0.765. The summed E-state index contributed by atoms with van der Waals surface area (Å²) in [5.41, 5.74) is -0.0782. The number of hydrogen-bond donors (Lipinski definition) is 0. The average molecular weight is 324 g/mol. The second-order valence-electron chi connectivity index (χ2n) is 4.88. The van der Waals surface area contributed by atoms with Crippen LogP contribution in [0.25, 0.3) is 0 Å². The predicted octanol–water partition coefficient (Wildman–Crippen LogP) is 2.34. The molecule has 1 aliphatic heterocycles. The number of carbonyl (C=O) groups excluding carboxylic acids is 2. The third-order valence-corrected chi connectivity index (χ3v) is 3.38. The highest BCUT2D eigenvalue weighted by Crippen LogP contribution is 2.20. The third kappa shape index (κ3) is 4.56. The Bertz CT molecular complexity index is 579. The van der Waals surface area contributed by atoms with Gasteiger partial charge in [-0.1, -0.05) is 0 Å². The molecule has 1 aromatic carbocycles. The minimum atomic E-state index is -0.739. The molecule has 0 bridgehead atoms. The van der Waals surface area contributed by atoms with Crippen molar-refractivity contribution >= 4 is 17.9 Å². The quantitative estimate of drug-likeness (QED) is 0.477. The van der Waals surface area contributed by atoms with E-state index in [2.05, 4.69) is 4.74 Å². The van der Waals surface area contributed by atoms with Crippen LogP contribution in [0.3, 0.4) is 0 Å². The topological polar surface area (TPSA) is 108 Å². The van der Waals surface area contributed by atoms with Gasteiger partial charge in [0.25, 0.3) is 5.69 Å². The molecule has 1 heterocycles. The number of non-ortho nitro benzene ring substituents is 1. The number of amides is 1. The molecule has 0 spiro atoms. The monoisotopic (exact) mass is 324 g/mol. The lowest BCUT2D eigenvalue weighted by molar-refractivity contribution is -0.384. The molecule has 23 heavy (non-hydrogen) atoms. The zero-order valence-corrected chi connectivity index (χ0v) is 12.5. The largest absolute Gasteiger partial charge is 0.508 e. The van der Waals surface area contributed by atoms with Gasteiger partial charge < -0.3 is 19.1 Å². The Kier molecular flexibility index (Phi) is 5.34. The van der Waals surface area contributed by atoms with Crippen LogP contribution in [0.4, 0.5) is 15.3 Å². The first-order valence-electron chi connectivity index (χ1n) is 6.95. The number of ether oxygens (including phenoxy) is 3. The van der Waals surface area contributed by atoms with Crippen LogP contribution in [-0.4, -0.2) is 48.4 Å². The average Bonchev–Trinajstić information content (AvgIpc) is 2.55. The van der Waals surface area contributed by atoms with Crippen LogP contribution >= 0.6 is 0 Å². The number of benzene rings is 1. The smallest absolute Gasteiger partial charge is 0.438 e. The van der Waals surface area contributed by atoms with Gasteiger partial charge in [-0.05, 0) is 12.1 Å². The molecule has 1 aliphatic rings. The lowest BCUT2D eigenvalue weighted by atomic mass is 10.1. The SMILES string of the molecule is COC(=O)OC1CCN(C(=O)Oc2ccc([N+](=O)[O-])cc2)CC1. The molecule has 1 aromatic rings. The van der Waals surface area contributed by atoms with Gasteiger partial charge in [0.15, 0.2) is 0 Å². The number of likely N-dealkylation sites (tertiary alicyclic amines) is 1. The van der Waals surface area contributed by atoms with Crippen molar-refractivity contribution in [2.75, 3.05) is 20.2 Å². The Labute approximate surface area is 131 Å². The maximum Gasteiger partial charge on any atom is 0.508 e. The van der Waals surface area contributed by atoms with Crippen LogP contribution in [0.5, 0.6) is 5.75 Å². The fourth-order valence-corrected chi connectivity index (χ4v) is 2.14. The maximum atomic E-state index is 12.0. The molecule has 0 radical (unpaired) electrons. The first kappa shape index (κ1) is 16.5. The second-order valence-corrected chi connectivity index (χ2v) is 4.88. The second kappa shape index (κ2) is 7.43. The maximum absolute atomic E-state index is 12.0. The van der Waals surface area contributed by atoms with Gasteiger partial charge in [-0.15, -0.1) is 0 Å². The van der Waals surface area contributed by atoms with E-state index in [0.29, 0.717) is 25.9 Å². The molecule has 0 N–H and O–H groups in total. The Morgan fingerprint density at radius 1 is 1.22 bits per heavy atom. The van der Waals surface area contributed by atoms with E-state index < -0.39 is 17.2 Å². The van der Waals surface area contributed by atoms with Gasteiger partial charge in [0.1, 0.15) is 11.9 Å². The normalized spacial score (nSPS) is 14.9. The summed E-state index contributed by atoms with van der Waals surface area (Å²) in [6, 6.07) is 5.25. The van der Waals surface area contributed by atoms with Crippen LogP contribution in [0.2, 0.25) is 0 Å². The van der Waals surface area contributed by atoms with E-state index in [9.17, 15) is 19.7 Å². The van der Waals surface area contributed by atoms with Crippen molar-refractivity contribution in [1.82, 2.24) is 4.90 Å². The molecule has 9 heteroatoms. The fourth-order valence-electron chi connectivity index (χ4n) is 2.14. The molecular formula is C14H16N2O7. The number of carbonyl (C=O) groups is 2. The number of nitro groups is 1. The van der Waals surface area contributed by atoms with Crippen molar-refractivity contribution in [3.05, 3.63) is 34.4 Å². The van der Waals surface area contributed by atoms with Gasteiger partial charge in [-0.2, -0.15) is 0 Å². The fraction of sp³-hybridized carbons (Fsp3) is 0.429. The zero-order valence-electron chi connectivity index (χ0n) is 12.5. The van der Waals surface area contributed by atoms with Crippen molar-refractivity contribution in [3.63, 3.8) is 0 Å². The molecule has 1 saturated heterocycles. The van der Waals surface area contributed by atoms with Crippen molar-refractivity contribution in [1.29, 1.82) is 0 Å². The number of nitro benzene ring substituents is 1. The molecule has 0 unspecified atom stereocenters. The van der Waals surface area contributed by atoms with Gasteiger partial charge in [0.05, 0.1) is 12.0 Å². The van der Waals surface area contributed by atoms with Gasteiger partial charge >= 0.3 is 12.2 Å². The molecule has 2 rings (SSSR count). The number of nitrogens with zero attached hydrogens (tertiary/aromatic N) is 2.